The van der Waals surface area contributed by atoms with E-state index in [0.717, 1.165) is 53.8 Å². The van der Waals surface area contributed by atoms with Crippen LogP contribution in [0.25, 0.3) is 10.2 Å². The van der Waals surface area contributed by atoms with Gasteiger partial charge in [-0.15, -0.1) is 11.3 Å². The molecule has 30 heavy (non-hydrogen) atoms. The van der Waals surface area contributed by atoms with Gasteiger partial charge < -0.3 is 10.2 Å². The first-order valence-electron chi connectivity index (χ1n) is 11.1. The Morgan fingerprint density at radius 3 is 2.80 bits per heavy atom. The maximum Gasteiger partial charge on any atom is 0.251 e. The third-order valence-corrected chi connectivity index (χ3v) is 7.95. The minimum Gasteiger partial charge on any atom is -0.345 e. The van der Waals surface area contributed by atoms with Crippen LogP contribution in [0, 0.1) is 6.92 Å². The van der Waals surface area contributed by atoms with Crippen molar-refractivity contribution >= 4 is 27.5 Å². The molecule has 1 saturated heterocycles. The van der Waals surface area contributed by atoms with Gasteiger partial charge in [0, 0.05) is 11.5 Å². The average Bonchev–Trinajstić information content (AvgIpc) is 3.39. The van der Waals surface area contributed by atoms with Crippen molar-refractivity contribution in [3.05, 3.63) is 63.7 Å². The molecular formula is C25H29N3OS. The van der Waals surface area contributed by atoms with Gasteiger partial charge in [-0.05, 0) is 81.1 Å². The normalized spacial score (nSPS) is 19.9. The average molecular weight is 420 g/mol. The van der Waals surface area contributed by atoms with Gasteiger partial charge in [0.2, 0.25) is 0 Å². The molecule has 1 atom stereocenters. The number of nitrogens with one attached hydrogen (secondary N) is 1. The van der Waals surface area contributed by atoms with Crippen molar-refractivity contribution in [2.24, 2.45) is 0 Å². The number of aromatic nitrogens is 1. The van der Waals surface area contributed by atoms with Gasteiger partial charge in [0.1, 0.15) is 0 Å². The maximum atomic E-state index is 13.1. The molecule has 1 N–H and O–H groups in total. The molecule has 0 spiro atoms. The first-order valence-corrected chi connectivity index (χ1v) is 12.0. The number of carbonyl (C=O) groups is 1. The molecule has 5 heteroatoms. The van der Waals surface area contributed by atoms with E-state index in [1.807, 2.05) is 12.1 Å². The van der Waals surface area contributed by atoms with E-state index >= 15 is 0 Å². The minimum atomic E-state index is 0.0212. The summed E-state index contributed by atoms with van der Waals surface area (Å²) >= 11 is 1.78. The van der Waals surface area contributed by atoms with E-state index in [2.05, 4.69) is 48.3 Å². The first kappa shape index (κ1) is 19.7. The highest BCUT2D eigenvalue weighted by atomic mass is 32.1. The Balaban J connectivity index is 1.36. The van der Waals surface area contributed by atoms with Crippen LogP contribution >= 0.6 is 11.3 Å². The molecule has 2 aliphatic rings. The second-order valence-corrected chi connectivity index (χ2v) is 9.73. The zero-order valence-corrected chi connectivity index (χ0v) is 18.6. The number of likely N-dealkylation sites (tertiary alicyclic amines) is 1. The molecule has 0 saturated carbocycles. The van der Waals surface area contributed by atoms with E-state index in [-0.39, 0.29) is 11.9 Å². The third-order valence-electron chi connectivity index (χ3n) is 6.79. The molecule has 2 heterocycles. The zero-order valence-electron chi connectivity index (χ0n) is 17.8. The number of rotatable bonds is 4. The number of nitrogens with zero attached hydrogens (tertiary/aromatic N) is 2. The van der Waals surface area contributed by atoms with Gasteiger partial charge in [-0.3, -0.25) is 4.79 Å². The number of hydrogen-bond donors (Lipinski definition) is 1. The minimum absolute atomic E-state index is 0.0212. The summed E-state index contributed by atoms with van der Waals surface area (Å²) in [6.07, 6.45) is 4.38. The van der Waals surface area contributed by atoms with Gasteiger partial charge in [0.25, 0.3) is 5.91 Å². The Hall–Kier alpha value is -2.24. The highest BCUT2D eigenvalue weighted by Gasteiger charge is 2.25. The summed E-state index contributed by atoms with van der Waals surface area (Å²) in [7, 11) is 0. The second-order valence-electron chi connectivity index (χ2n) is 8.66. The largest absolute Gasteiger partial charge is 0.345 e. The molecule has 1 aromatic heterocycles. The fourth-order valence-corrected chi connectivity index (χ4v) is 6.22. The van der Waals surface area contributed by atoms with Crippen LogP contribution in [0.1, 0.15) is 70.2 Å². The van der Waals surface area contributed by atoms with Crippen molar-refractivity contribution in [2.45, 2.75) is 51.5 Å². The van der Waals surface area contributed by atoms with Crippen molar-refractivity contribution in [1.29, 1.82) is 0 Å². The lowest BCUT2D eigenvalue weighted by molar-refractivity contribution is 0.0937. The van der Waals surface area contributed by atoms with Crippen molar-refractivity contribution < 1.29 is 4.79 Å². The molecule has 1 aliphatic heterocycles. The Morgan fingerprint density at radius 2 is 2.00 bits per heavy atom. The fraction of sp³-hybridized carbons (Fsp3) is 0.440. The van der Waals surface area contributed by atoms with Crippen molar-refractivity contribution in [1.82, 2.24) is 15.2 Å². The molecule has 3 aromatic rings. The smallest absolute Gasteiger partial charge is 0.251 e. The van der Waals surface area contributed by atoms with Gasteiger partial charge in [-0.2, -0.15) is 0 Å². The molecule has 5 rings (SSSR count). The van der Waals surface area contributed by atoms with E-state index in [1.54, 1.807) is 11.3 Å². The number of amides is 1. The summed E-state index contributed by atoms with van der Waals surface area (Å²) in [6, 6.07) is 12.6. The summed E-state index contributed by atoms with van der Waals surface area (Å²) in [6.45, 7) is 7.76. The van der Waals surface area contributed by atoms with E-state index in [9.17, 15) is 4.79 Å². The lowest BCUT2D eigenvalue weighted by Gasteiger charge is -2.29. The third kappa shape index (κ3) is 3.65. The SMILES string of the molecule is CCN1CCC(c2nc3c(C)cc(C(=O)N[C@H]4CCc5ccccc54)cc3s2)CC1. The summed E-state index contributed by atoms with van der Waals surface area (Å²) in [4.78, 5) is 20.6. The molecule has 0 radical (unpaired) electrons. The van der Waals surface area contributed by atoms with Gasteiger partial charge in [-0.1, -0.05) is 31.2 Å². The number of benzene rings is 2. The number of carbonyl (C=O) groups excluding carboxylic acids is 1. The predicted molar refractivity (Wildman–Crippen MR) is 123 cm³/mol. The first-order chi connectivity index (χ1) is 14.6. The van der Waals surface area contributed by atoms with Gasteiger partial charge in [0.15, 0.2) is 0 Å². The number of fused-ring (bicyclic) bond motifs is 2. The monoisotopic (exact) mass is 419 g/mol. The lowest BCUT2D eigenvalue weighted by atomic mass is 9.97. The van der Waals surface area contributed by atoms with Gasteiger partial charge in [-0.25, -0.2) is 4.98 Å². The van der Waals surface area contributed by atoms with Crippen molar-refractivity contribution in [3.63, 3.8) is 0 Å². The Morgan fingerprint density at radius 1 is 1.20 bits per heavy atom. The van der Waals surface area contributed by atoms with Crippen LogP contribution in [0.2, 0.25) is 0 Å². The van der Waals surface area contributed by atoms with Gasteiger partial charge in [0.05, 0.1) is 21.3 Å². The molecule has 1 amide bonds. The standard InChI is InChI=1S/C25H29N3OS/c1-3-28-12-10-18(11-13-28)25-27-23-16(2)14-19(15-22(23)30-25)24(29)26-21-9-8-17-6-4-5-7-20(17)21/h4-7,14-15,18,21H,3,8-13H2,1-2H3,(H,26,29)/t21-/m0/s1. The van der Waals surface area contributed by atoms with Crippen LogP contribution < -0.4 is 5.32 Å². The van der Waals surface area contributed by atoms with Crippen LogP contribution in [0.5, 0.6) is 0 Å². The predicted octanol–water partition coefficient (Wildman–Crippen LogP) is 5.22. The number of aryl methyl sites for hydroxylation is 2. The summed E-state index contributed by atoms with van der Waals surface area (Å²) in [5.74, 6) is 0.574. The molecule has 0 unspecified atom stereocenters. The fourth-order valence-electron chi connectivity index (χ4n) is 4.96. The summed E-state index contributed by atoms with van der Waals surface area (Å²) in [5, 5.41) is 4.51. The topological polar surface area (TPSA) is 45.2 Å². The lowest BCUT2D eigenvalue weighted by Crippen LogP contribution is -2.32. The van der Waals surface area contributed by atoms with E-state index in [4.69, 9.17) is 4.98 Å². The molecule has 1 fully saturated rings. The van der Waals surface area contributed by atoms with Crippen LogP contribution in [-0.4, -0.2) is 35.4 Å². The molecule has 0 bridgehead atoms. The van der Waals surface area contributed by atoms with E-state index < -0.39 is 0 Å². The zero-order chi connectivity index (χ0) is 20.7. The Kier molecular flexibility index (Phi) is 5.34. The Bertz CT molecular complexity index is 1080. The van der Waals surface area contributed by atoms with E-state index in [1.165, 1.54) is 29.0 Å². The summed E-state index contributed by atoms with van der Waals surface area (Å²) < 4.78 is 1.14. The van der Waals surface area contributed by atoms with E-state index in [0.29, 0.717) is 5.92 Å². The number of hydrogen-bond acceptors (Lipinski definition) is 4. The highest BCUT2D eigenvalue weighted by Crippen LogP contribution is 2.36. The molecule has 156 valence electrons. The van der Waals surface area contributed by atoms with Crippen LogP contribution in [0.3, 0.4) is 0 Å². The molecule has 4 nitrogen and oxygen atoms in total. The quantitative estimate of drug-likeness (QED) is 0.630. The number of thiazole rings is 1. The maximum absolute atomic E-state index is 13.1. The summed E-state index contributed by atoms with van der Waals surface area (Å²) in [5.41, 5.74) is 5.53. The number of piperidine rings is 1. The van der Waals surface area contributed by atoms with Crippen LogP contribution in [-0.2, 0) is 6.42 Å². The van der Waals surface area contributed by atoms with Gasteiger partial charge >= 0.3 is 0 Å². The Labute approximate surface area is 182 Å². The van der Waals surface area contributed by atoms with Crippen molar-refractivity contribution in [2.75, 3.05) is 19.6 Å². The van der Waals surface area contributed by atoms with Crippen LogP contribution in [0.4, 0.5) is 0 Å². The molecule has 1 aliphatic carbocycles. The molecular weight excluding hydrogens is 390 g/mol. The molecule has 2 aromatic carbocycles. The van der Waals surface area contributed by atoms with Crippen molar-refractivity contribution in [3.8, 4) is 0 Å². The van der Waals surface area contributed by atoms with Crippen LogP contribution in [0.15, 0.2) is 36.4 Å². The second kappa shape index (κ2) is 8.12. The highest BCUT2D eigenvalue weighted by molar-refractivity contribution is 7.18.